The van der Waals surface area contributed by atoms with Crippen LogP contribution in [0.5, 0.6) is 0 Å². The van der Waals surface area contributed by atoms with Crippen LogP contribution in [0.25, 0.3) is 0 Å². The third-order valence-electron chi connectivity index (χ3n) is 4.62. The minimum absolute atomic E-state index is 0.558. The molecule has 19 heavy (non-hydrogen) atoms. The summed E-state index contributed by atoms with van der Waals surface area (Å²) in [6.45, 7) is 5.76. The van der Waals surface area contributed by atoms with E-state index in [2.05, 4.69) is 45.4 Å². The van der Waals surface area contributed by atoms with Crippen molar-refractivity contribution in [2.45, 2.75) is 39.0 Å². The van der Waals surface area contributed by atoms with Crippen LogP contribution in [-0.2, 0) is 7.05 Å². The molecule has 0 aromatic carbocycles. The zero-order chi connectivity index (χ0) is 14.0. The quantitative estimate of drug-likeness (QED) is 0.923. The molecule has 0 bridgehead atoms. The molecule has 1 aromatic rings. The molecule has 0 spiro atoms. The molecular weight excluding hydrogens is 304 g/mol. The van der Waals surface area contributed by atoms with Crippen molar-refractivity contribution in [2.75, 3.05) is 13.6 Å². The average Bonchev–Trinajstić information content (AvgIpc) is 2.70. The Morgan fingerprint density at radius 3 is 2.68 bits per heavy atom. The molecule has 1 saturated carbocycles. The van der Waals surface area contributed by atoms with E-state index < -0.39 is 0 Å². The van der Waals surface area contributed by atoms with Gasteiger partial charge in [0.1, 0.15) is 0 Å². The van der Waals surface area contributed by atoms with Gasteiger partial charge in [-0.25, -0.2) is 0 Å². The molecule has 0 saturated heterocycles. The maximum Gasteiger partial charge on any atom is 0.151 e. The van der Waals surface area contributed by atoms with Gasteiger partial charge in [-0.3, -0.25) is 4.68 Å². The average molecular weight is 329 g/mol. The fraction of sp³-hybridized carbons (Fsp3) is 0.857. The molecule has 1 aliphatic rings. The van der Waals surface area contributed by atoms with E-state index >= 15 is 0 Å². The van der Waals surface area contributed by atoms with Crippen molar-refractivity contribution in [1.82, 2.24) is 20.3 Å². The van der Waals surface area contributed by atoms with E-state index in [1.54, 1.807) is 0 Å². The summed E-state index contributed by atoms with van der Waals surface area (Å²) in [5.41, 5.74) is 1.27. The first-order valence-electron chi connectivity index (χ1n) is 7.24. The van der Waals surface area contributed by atoms with Gasteiger partial charge in [0, 0.05) is 13.0 Å². The Morgan fingerprint density at radius 2 is 2.16 bits per heavy atom. The smallest absolute Gasteiger partial charge is 0.151 e. The van der Waals surface area contributed by atoms with Crippen LogP contribution in [0, 0.1) is 17.8 Å². The Hall–Kier alpha value is -0.420. The van der Waals surface area contributed by atoms with Crippen molar-refractivity contribution in [3.05, 3.63) is 10.3 Å². The molecule has 5 heteroatoms. The molecule has 1 N–H and O–H groups in total. The van der Waals surface area contributed by atoms with Gasteiger partial charge in [0.05, 0.1) is 5.69 Å². The lowest BCUT2D eigenvalue weighted by Crippen LogP contribution is -2.33. The van der Waals surface area contributed by atoms with E-state index in [0.717, 1.165) is 23.0 Å². The summed E-state index contributed by atoms with van der Waals surface area (Å²) in [5.74, 6) is 2.83. The molecule has 1 fully saturated rings. The largest absolute Gasteiger partial charge is 0.319 e. The standard InChI is InChI=1S/C14H25BrN4/c1-9(2)10-5-6-11(8-16-3)12(7-10)13-14(15)17-18-19(13)4/h9-12,16H,5-8H2,1-4H3. The van der Waals surface area contributed by atoms with Crippen molar-refractivity contribution < 1.29 is 0 Å². The minimum Gasteiger partial charge on any atom is -0.319 e. The van der Waals surface area contributed by atoms with Crippen LogP contribution in [0.1, 0.15) is 44.7 Å². The van der Waals surface area contributed by atoms with E-state index in [4.69, 9.17) is 0 Å². The topological polar surface area (TPSA) is 42.7 Å². The molecule has 3 unspecified atom stereocenters. The van der Waals surface area contributed by atoms with Gasteiger partial charge in [0.25, 0.3) is 0 Å². The number of rotatable bonds is 4. The second-order valence-corrected chi connectivity index (χ2v) is 6.88. The number of aromatic nitrogens is 3. The predicted octanol–water partition coefficient (Wildman–Crippen LogP) is 2.95. The number of aryl methyl sites for hydroxylation is 1. The Morgan fingerprint density at radius 1 is 1.42 bits per heavy atom. The second-order valence-electron chi connectivity index (χ2n) is 6.13. The lowest BCUT2D eigenvalue weighted by molar-refractivity contribution is 0.187. The van der Waals surface area contributed by atoms with Gasteiger partial charge in [0.15, 0.2) is 4.60 Å². The summed E-state index contributed by atoms with van der Waals surface area (Å²) < 4.78 is 2.87. The number of nitrogens with zero attached hydrogens (tertiary/aromatic N) is 3. The van der Waals surface area contributed by atoms with Crippen molar-refractivity contribution in [1.29, 1.82) is 0 Å². The van der Waals surface area contributed by atoms with Crippen molar-refractivity contribution in [2.24, 2.45) is 24.8 Å². The van der Waals surface area contributed by atoms with Crippen LogP contribution in [0.4, 0.5) is 0 Å². The van der Waals surface area contributed by atoms with E-state index in [0.29, 0.717) is 11.8 Å². The van der Waals surface area contributed by atoms with Crippen LogP contribution in [0.15, 0.2) is 4.60 Å². The molecule has 1 heterocycles. The third-order valence-corrected chi connectivity index (χ3v) is 5.19. The normalized spacial score (nSPS) is 28.0. The van der Waals surface area contributed by atoms with Gasteiger partial charge in [-0.1, -0.05) is 19.1 Å². The number of halogens is 1. The Balaban J connectivity index is 2.25. The molecule has 2 rings (SSSR count). The monoisotopic (exact) mass is 328 g/mol. The van der Waals surface area contributed by atoms with Gasteiger partial charge in [0.2, 0.25) is 0 Å². The SMILES string of the molecule is CNCC1CCC(C(C)C)CC1c1c(Br)nnn1C. The first-order valence-corrected chi connectivity index (χ1v) is 8.03. The van der Waals surface area contributed by atoms with E-state index in [-0.39, 0.29) is 0 Å². The minimum atomic E-state index is 0.558. The van der Waals surface area contributed by atoms with Gasteiger partial charge in [-0.05, 0) is 66.5 Å². The van der Waals surface area contributed by atoms with Crippen molar-refractivity contribution >= 4 is 15.9 Å². The van der Waals surface area contributed by atoms with Crippen molar-refractivity contribution in [3.63, 3.8) is 0 Å². The Labute approximate surface area is 124 Å². The summed E-state index contributed by atoms with van der Waals surface area (Å²) >= 11 is 3.57. The number of hydrogen-bond donors (Lipinski definition) is 1. The zero-order valence-electron chi connectivity index (χ0n) is 12.4. The Kier molecular flexibility index (Phi) is 5.01. The molecule has 1 aromatic heterocycles. The first kappa shape index (κ1) is 15.0. The van der Waals surface area contributed by atoms with Gasteiger partial charge in [-0.15, -0.1) is 5.10 Å². The second kappa shape index (κ2) is 6.35. The fourth-order valence-electron chi connectivity index (χ4n) is 3.44. The molecule has 4 nitrogen and oxygen atoms in total. The predicted molar refractivity (Wildman–Crippen MR) is 81.0 cm³/mol. The number of nitrogens with one attached hydrogen (secondary N) is 1. The molecule has 3 atom stereocenters. The molecule has 0 aliphatic heterocycles. The van der Waals surface area contributed by atoms with E-state index in [1.165, 1.54) is 25.0 Å². The summed E-state index contributed by atoms with van der Waals surface area (Å²) in [6.07, 6.45) is 3.90. The molecule has 0 amide bonds. The molecule has 1 aliphatic carbocycles. The van der Waals surface area contributed by atoms with Crippen LogP contribution in [-0.4, -0.2) is 28.6 Å². The summed E-state index contributed by atoms with van der Waals surface area (Å²) in [6, 6.07) is 0. The van der Waals surface area contributed by atoms with Crippen LogP contribution < -0.4 is 5.32 Å². The lowest BCUT2D eigenvalue weighted by atomic mass is 9.69. The highest BCUT2D eigenvalue weighted by molar-refractivity contribution is 9.10. The third kappa shape index (κ3) is 3.19. The zero-order valence-corrected chi connectivity index (χ0v) is 13.9. The molecule has 108 valence electrons. The van der Waals surface area contributed by atoms with Crippen LogP contribution in [0.3, 0.4) is 0 Å². The highest BCUT2D eigenvalue weighted by Crippen LogP contribution is 2.44. The van der Waals surface area contributed by atoms with Gasteiger partial charge in [-0.2, -0.15) is 0 Å². The van der Waals surface area contributed by atoms with Gasteiger partial charge >= 0.3 is 0 Å². The summed E-state index contributed by atoms with van der Waals surface area (Å²) in [7, 11) is 4.05. The maximum atomic E-state index is 4.17. The van der Waals surface area contributed by atoms with Crippen LogP contribution >= 0.6 is 15.9 Å². The summed E-state index contributed by atoms with van der Waals surface area (Å²) in [5, 5.41) is 11.7. The maximum absolute atomic E-state index is 4.17. The number of hydrogen-bond acceptors (Lipinski definition) is 3. The highest BCUT2D eigenvalue weighted by Gasteiger charge is 2.35. The molecular formula is C14H25BrN4. The first-order chi connectivity index (χ1) is 9.04. The van der Waals surface area contributed by atoms with E-state index in [1.807, 2.05) is 18.8 Å². The Bertz CT molecular complexity index is 396. The lowest BCUT2D eigenvalue weighted by Gasteiger charge is -2.38. The summed E-state index contributed by atoms with van der Waals surface area (Å²) in [4.78, 5) is 0. The molecule has 0 radical (unpaired) electrons. The van der Waals surface area contributed by atoms with Gasteiger partial charge < -0.3 is 5.32 Å². The fourth-order valence-corrected chi connectivity index (χ4v) is 4.07. The van der Waals surface area contributed by atoms with Crippen molar-refractivity contribution in [3.8, 4) is 0 Å². The van der Waals surface area contributed by atoms with E-state index in [9.17, 15) is 0 Å². The van der Waals surface area contributed by atoms with Crippen LogP contribution in [0.2, 0.25) is 0 Å². The highest BCUT2D eigenvalue weighted by atomic mass is 79.9.